The van der Waals surface area contributed by atoms with Gasteiger partial charge in [0.25, 0.3) is 0 Å². The maximum atomic E-state index is 12.8. The van der Waals surface area contributed by atoms with E-state index in [-0.39, 0.29) is 35.9 Å². The Morgan fingerprint density at radius 3 is 2.46 bits per heavy atom. The van der Waals surface area contributed by atoms with Crippen molar-refractivity contribution >= 4 is 15.8 Å². The molecule has 5 rings (SSSR count). The number of rotatable bonds is 3. The molecule has 0 aliphatic carbocycles. The Labute approximate surface area is 147 Å². The van der Waals surface area contributed by atoms with Crippen LogP contribution < -0.4 is 4.90 Å². The van der Waals surface area contributed by atoms with Gasteiger partial charge < -0.3 is 4.90 Å². The summed E-state index contributed by atoms with van der Waals surface area (Å²) in [6, 6.07) is 0.288. The summed E-state index contributed by atoms with van der Waals surface area (Å²) in [5, 5.41) is 3.89. The van der Waals surface area contributed by atoms with Gasteiger partial charge in [0.1, 0.15) is 22.7 Å². The van der Waals surface area contributed by atoms with Crippen LogP contribution in [-0.4, -0.2) is 57.6 Å². The van der Waals surface area contributed by atoms with Crippen LogP contribution in [0.4, 0.5) is 19.0 Å². The molecule has 12 heteroatoms. The van der Waals surface area contributed by atoms with Gasteiger partial charge >= 0.3 is 6.18 Å². The Bertz CT molecular complexity index is 932. The molecule has 0 saturated carbocycles. The van der Waals surface area contributed by atoms with E-state index in [0.717, 1.165) is 12.4 Å². The molecule has 0 spiro atoms. The van der Waals surface area contributed by atoms with Gasteiger partial charge in [-0.25, -0.2) is 18.4 Å². The van der Waals surface area contributed by atoms with E-state index in [4.69, 9.17) is 0 Å². The molecule has 3 aliphatic heterocycles. The molecule has 0 N–H and O–H groups in total. The third-order valence-corrected chi connectivity index (χ3v) is 6.61. The van der Waals surface area contributed by atoms with Gasteiger partial charge in [0.15, 0.2) is 0 Å². The number of halogens is 3. The number of piperidine rings is 1. The highest BCUT2D eigenvalue weighted by Crippen LogP contribution is 2.39. The minimum absolute atomic E-state index is 0.115. The second-order valence-electron chi connectivity index (χ2n) is 6.39. The first-order chi connectivity index (χ1) is 12.2. The fourth-order valence-corrected chi connectivity index (χ4v) is 5.28. The zero-order valence-corrected chi connectivity index (χ0v) is 14.4. The van der Waals surface area contributed by atoms with Gasteiger partial charge in [-0.15, -0.1) is 0 Å². The SMILES string of the molecule is Cn1cc(S(=O)(=O)N2C3CC2CN(c2cc(C(F)(F)F)ncn2)C3)cn1. The van der Waals surface area contributed by atoms with Crippen LogP contribution in [0, 0.1) is 0 Å². The van der Waals surface area contributed by atoms with Crippen LogP contribution in [0.3, 0.4) is 0 Å². The predicted octanol–water partition coefficient (Wildman–Crippen LogP) is 0.881. The Balaban J connectivity index is 1.54. The molecule has 2 aromatic rings. The quantitative estimate of drug-likeness (QED) is 0.776. The summed E-state index contributed by atoms with van der Waals surface area (Å²) in [7, 11) is -2.04. The summed E-state index contributed by atoms with van der Waals surface area (Å²) >= 11 is 0. The minimum atomic E-state index is -4.55. The van der Waals surface area contributed by atoms with Crippen molar-refractivity contribution < 1.29 is 21.6 Å². The van der Waals surface area contributed by atoms with Crippen molar-refractivity contribution in [1.82, 2.24) is 24.1 Å². The van der Waals surface area contributed by atoms with Crippen molar-refractivity contribution in [2.75, 3.05) is 18.0 Å². The molecule has 3 saturated heterocycles. The first-order valence-electron chi connectivity index (χ1n) is 7.82. The summed E-state index contributed by atoms with van der Waals surface area (Å²) in [5.74, 6) is 0.153. The molecule has 2 aromatic heterocycles. The maximum Gasteiger partial charge on any atom is 0.433 e. The maximum absolute atomic E-state index is 12.8. The van der Waals surface area contributed by atoms with Gasteiger partial charge in [0.05, 0.1) is 6.20 Å². The topological polar surface area (TPSA) is 84.2 Å². The first kappa shape index (κ1) is 17.2. The van der Waals surface area contributed by atoms with Crippen molar-refractivity contribution in [3.8, 4) is 0 Å². The molecule has 140 valence electrons. The molecule has 5 heterocycles. The third-order valence-electron chi connectivity index (χ3n) is 4.65. The van der Waals surface area contributed by atoms with Gasteiger partial charge in [0, 0.05) is 44.5 Å². The molecular formula is C14H15F3N6O2S. The predicted molar refractivity (Wildman–Crippen MR) is 83.7 cm³/mol. The molecule has 26 heavy (non-hydrogen) atoms. The zero-order chi connectivity index (χ0) is 18.7. The standard InChI is InChI=1S/C14H15F3N6O2S/c1-21-7-11(4-20-21)26(24,25)23-9-2-10(23)6-22(5-9)13-3-12(14(15,16)17)18-8-19-13/h3-4,7-10H,2,5-6H2,1H3. The van der Waals surface area contributed by atoms with Gasteiger partial charge in [-0.05, 0) is 6.42 Å². The number of alkyl halides is 3. The molecule has 2 bridgehead atoms. The lowest BCUT2D eigenvalue weighted by molar-refractivity contribution is -0.141. The van der Waals surface area contributed by atoms with Gasteiger partial charge in [0.2, 0.25) is 10.0 Å². The smallest absolute Gasteiger partial charge is 0.353 e. The number of sulfonamides is 1. The summed E-state index contributed by atoms with van der Waals surface area (Å²) in [6.07, 6.45) is -0.274. The number of piperazine rings is 1. The van der Waals surface area contributed by atoms with E-state index in [1.807, 2.05) is 0 Å². The second kappa shape index (κ2) is 5.64. The molecule has 0 radical (unpaired) electrons. The van der Waals surface area contributed by atoms with Crippen LogP contribution in [0.25, 0.3) is 0 Å². The van der Waals surface area contributed by atoms with Crippen LogP contribution in [0.15, 0.2) is 29.7 Å². The van der Waals surface area contributed by atoms with Crippen molar-refractivity contribution in [2.45, 2.75) is 29.6 Å². The number of hydrogen-bond acceptors (Lipinski definition) is 6. The average Bonchev–Trinajstić information content (AvgIpc) is 3.01. The van der Waals surface area contributed by atoms with Gasteiger partial charge in [-0.3, -0.25) is 4.68 Å². The highest BCUT2D eigenvalue weighted by Gasteiger charge is 2.51. The Morgan fingerprint density at radius 2 is 1.88 bits per heavy atom. The fourth-order valence-electron chi connectivity index (χ4n) is 3.48. The van der Waals surface area contributed by atoms with Crippen molar-refractivity contribution in [3.05, 3.63) is 30.5 Å². The van der Waals surface area contributed by atoms with E-state index >= 15 is 0 Å². The van der Waals surface area contributed by atoms with E-state index in [2.05, 4.69) is 15.1 Å². The van der Waals surface area contributed by atoms with E-state index in [1.54, 1.807) is 11.9 Å². The number of aryl methyl sites for hydroxylation is 1. The molecular weight excluding hydrogens is 373 g/mol. The summed E-state index contributed by atoms with van der Waals surface area (Å²) in [4.78, 5) is 8.95. The molecule has 2 unspecified atom stereocenters. The molecule has 0 aromatic carbocycles. The monoisotopic (exact) mass is 388 g/mol. The summed E-state index contributed by atoms with van der Waals surface area (Å²) < 4.78 is 66.8. The Hall–Kier alpha value is -2.21. The zero-order valence-electron chi connectivity index (χ0n) is 13.6. The highest BCUT2D eigenvalue weighted by molar-refractivity contribution is 7.89. The van der Waals surface area contributed by atoms with Crippen LogP contribution in [-0.2, 0) is 23.2 Å². The minimum Gasteiger partial charge on any atom is -0.353 e. The molecule has 3 fully saturated rings. The summed E-state index contributed by atoms with van der Waals surface area (Å²) in [5.41, 5.74) is -1.01. The Kier molecular flexibility index (Phi) is 3.74. The lowest BCUT2D eigenvalue weighted by Gasteiger charge is -2.55. The lowest BCUT2D eigenvalue weighted by Crippen LogP contribution is -2.70. The summed E-state index contributed by atoms with van der Waals surface area (Å²) in [6.45, 7) is 0.564. The second-order valence-corrected chi connectivity index (χ2v) is 8.24. The van der Waals surface area contributed by atoms with E-state index in [0.29, 0.717) is 6.42 Å². The van der Waals surface area contributed by atoms with Crippen molar-refractivity contribution in [2.24, 2.45) is 7.05 Å². The average molecular weight is 388 g/mol. The number of nitrogens with zero attached hydrogens (tertiary/aromatic N) is 6. The van der Waals surface area contributed by atoms with E-state index in [1.165, 1.54) is 21.4 Å². The number of anilines is 1. The molecule has 3 aliphatic rings. The van der Waals surface area contributed by atoms with E-state index in [9.17, 15) is 21.6 Å². The van der Waals surface area contributed by atoms with E-state index < -0.39 is 21.9 Å². The Morgan fingerprint density at radius 1 is 1.19 bits per heavy atom. The molecule has 8 nitrogen and oxygen atoms in total. The first-order valence-corrected chi connectivity index (χ1v) is 9.26. The highest BCUT2D eigenvalue weighted by atomic mass is 32.2. The van der Waals surface area contributed by atoms with Crippen molar-refractivity contribution in [3.63, 3.8) is 0 Å². The van der Waals surface area contributed by atoms with Gasteiger partial charge in [-0.2, -0.15) is 22.6 Å². The number of hydrogen-bond donors (Lipinski definition) is 0. The van der Waals surface area contributed by atoms with Crippen LogP contribution in [0.5, 0.6) is 0 Å². The number of aromatic nitrogens is 4. The lowest BCUT2D eigenvalue weighted by atomic mass is 9.91. The largest absolute Gasteiger partial charge is 0.433 e. The third kappa shape index (κ3) is 2.72. The van der Waals surface area contributed by atoms with Crippen LogP contribution in [0.1, 0.15) is 12.1 Å². The van der Waals surface area contributed by atoms with Crippen LogP contribution >= 0.6 is 0 Å². The number of fused-ring (bicyclic) bond motifs is 2. The fraction of sp³-hybridized carbons (Fsp3) is 0.500. The normalized spacial score (nSPS) is 23.8. The van der Waals surface area contributed by atoms with Crippen molar-refractivity contribution in [1.29, 1.82) is 0 Å². The molecule has 0 amide bonds. The van der Waals surface area contributed by atoms with Gasteiger partial charge in [-0.1, -0.05) is 0 Å². The van der Waals surface area contributed by atoms with Crippen LogP contribution in [0.2, 0.25) is 0 Å². The molecule has 2 atom stereocenters.